The van der Waals surface area contributed by atoms with Gasteiger partial charge < -0.3 is 10.5 Å². The lowest BCUT2D eigenvalue weighted by Gasteiger charge is -2.48. The van der Waals surface area contributed by atoms with E-state index in [1.54, 1.807) is 24.3 Å². The molecule has 2 aromatic carbocycles. The van der Waals surface area contributed by atoms with Crippen molar-refractivity contribution in [2.75, 3.05) is 5.73 Å². The van der Waals surface area contributed by atoms with Crippen molar-refractivity contribution in [3.63, 3.8) is 0 Å². The largest absolute Gasteiger partial charge is 0.423 e. The van der Waals surface area contributed by atoms with Gasteiger partial charge in [0.25, 0.3) is 0 Å². The average molecular weight is 389 g/mol. The van der Waals surface area contributed by atoms with E-state index in [0.717, 1.165) is 38.5 Å². The van der Waals surface area contributed by atoms with Crippen LogP contribution in [0.15, 0.2) is 42.5 Å². The van der Waals surface area contributed by atoms with E-state index in [9.17, 15) is 9.59 Å². The van der Waals surface area contributed by atoms with Crippen LogP contribution >= 0.6 is 0 Å². The maximum atomic E-state index is 12.5. The lowest BCUT2D eigenvalue weighted by Crippen LogP contribution is -2.42. The number of hydrogen-bond donors (Lipinski definition) is 1. The number of carbonyl (C=O) groups is 2. The minimum absolute atomic E-state index is 0.0935. The Balaban J connectivity index is 1.38. The molecule has 2 N–H and O–H groups in total. The first kappa shape index (κ1) is 18.4. The summed E-state index contributed by atoms with van der Waals surface area (Å²) in [5.74, 6) is 2.29. The zero-order valence-electron chi connectivity index (χ0n) is 16.8. The minimum Gasteiger partial charge on any atom is -0.423 e. The van der Waals surface area contributed by atoms with Crippen molar-refractivity contribution < 1.29 is 14.3 Å². The Morgan fingerprint density at radius 2 is 1.93 bits per heavy atom. The smallest absolute Gasteiger partial charge is 0.345 e. The summed E-state index contributed by atoms with van der Waals surface area (Å²) >= 11 is 0. The Kier molecular flexibility index (Phi) is 4.27. The Labute approximate surface area is 171 Å². The summed E-state index contributed by atoms with van der Waals surface area (Å²) < 4.78 is 5.62. The monoisotopic (exact) mass is 389 g/mol. The molecule has 29 heavy (non-hydrogen) atoms. The predicted molar refractivity (Wildman–Crippen MR) is 112 cm³/mol. The molecule has 2 fully saturated rings. The standard InChI is InChI=1S/C25H27NO3/c1-25-13-12-18-17-9-7-16(29-24(28)20-4-2-3-5-22(20)26)14-15(17)6-8-19(18)21(25)10-11-23(25)27/h2-5,7,9,14,18-19,21H,6,8,10-13,26H2,1H3/t18-,19-,21+,25+/m1/s1. The van der Waals surface area contributed by atoms with Gasteiger partial charge >= 0.3 is 5.97 Å². The number of esters is 1. The third-order valence-corrected chi connectivity index (χ3v) is 7.80. The quantitative estimate of drug-likeness (QED) is 0.450. The molecule has 3 aliphatic carbocycles. The molecule has 0 bridgehead atoms. The maximum absolute atomic E-state index is 12.5. The molecule has 0 unspecified atom stereocenters. The molecule has 0 aromatic heterocycles. The van der Waals surface area contributed by atoms with Crippen molar-refractivity contribution >= 4 is 17.4 Å². The number of Topliss-reactive ketones (excluding diaryl/α,β-unsaturated/α-hetero) is 1. The second-order valence-electron chi connectivity index (χ2n) is 9.17. The lowest BCUT2D eigenvalue weighted by atomic mass is 9.55. The number of rotatable bonds is 2. The lowest BCUT2D eigenvalue weighted by molar-refractivity contribution is -0.129. The molecular formula is C25H27NO3. The fourth-order valence-corrected chi connectivity index (χ4v) is 6.24. The fraction of sp³-hybridized carbons (Fsp3) is 0.440. The van der Waals surface area contributed by atoms with E-state index in [2.05, 4.69) is 13.0 Å². The fourth-order valence-electron chi connectivity index (χ4n) is 6.24. The van der Waals surface area contributed by atoms with Gasteiger partial charge in [0.2, 0.25) is 0 Å². The molecule has 0 saturated heterocycles. The highest BCUT2D eigenvalue weighted by Crippen LogP contribution is 2.59. The molecule has 5 rings (SSSR count). The predicted octanol–water partition coefficient (Wildman–Crippen LogP) is 4.91. The summed E-state index contributed by atoms with van der Waals surface area (Å²) in [4.78, 5) is 25.0. The van der Waals surface area contributed by atoms with Gasteiger partial charge in [0, 0.05) is 17.5 Å². The van der Waals surface area contributed by atoms with E-state index in [-0.39, 0.29) is 5.41 Å². The highest BCUT2D eigenvalue weighted by Gasteiger charge is 2.54. The number of benzene rings is 2. The molecule has 4 heteroatoms. The second-order valence-corrected chi connectivity index (χ2v) is 9.17. The normalized spacial score (nSPS) is 30.2. The van der Waals surface area contributed by atoms with Gasteiger partial charge in [-0.3, -0.25) is 4.79 Å². The molecular weight excluding hydrogens is 362 g/mol. The van der Waals surface area contributed by atoms with Gasteiger partial charge in [-0.25, -0.2) is 4.79 Å². The number of ketones is 1. The van der Waals surface area contributed by atoms with Crippen LogP contribution in [0.1, 0.15) is 66.4 Å². The second kappa shape index (κ2) is 6.72. The molecule has 3 aliphatic rings. The Morgan fingerprint density at radius 1 is 1.10 bits per heavy atom. The van der Waals surface area contributed by atoms with Gasteiger partial charge in [-0.1, -0.05) is 25.1 Å². The van der Waals surface area contributed by atoms with E-state index in [4.69, 9.17) is 10.5 Å². The third-order valence-electron chi connectivity index (χ3n) is 7.80. The zero-order valence-corrected chi connectivity index (χ0v) is 16.8. The molecule has 4 nitrogen and oxygen atoms in total. The zero-order chi connectivity index (χ0) is 20.2. The summed E-state index contributed by atoms with van der Waals surface area (Å²) in [6.45, 7) is 2.20. The van der Waals surface area contributed by atoms with Crippen LogP contribution in [0.4, 0.5) is 5.69 Å². The first-order valence-corrected chi connectivity index (χ1v) is 10.7. The van der Waals surface area contributed by atoms with Gasteiger partial charge in [-0.2, -0.15) is 0 Å². The van der Waals surface area contributed by atoms with Gasteiger partial charge in [-0.15, -0.1) is 0 Å². The van der Waals surface area contributed by atoms with Gasteiger partial charge in [-0.05, 0) is 85.3 Å². The van der Waals surface area contributed by atoms with Gasteiger partial charge in [0.05, 0.1) is 5.56 Å². The van der Waals surface area contributed by atoms with Crippen LogP contribution in [0.25, 0.3) is 0 Å². The topological polar surface area (TPSA) is 69.4 Å². The Hall–Kier alpha value is -2.62. The number of ether oxygens (including phenoxy) is 1. The molecule has 0 heterocycles. The van der Waals surface area contributed by atoms with Crippen LogP contribution in [-0.2, 0) is 11.2 Å². The number of aryl methyl sites for hydroxylation is 1. The molecule has 0 radical (unpaired) electrons. The molecule has 0 spiro atoms. The molecule has 0 amide bonds. The summed E-state index contributed by atoms with van der Waals surface area (Å²) in [5, 5.41) is 0. The number of fused-ring (bicyclic) bond motifs is 5. The van der Waals surface area contributed by atoms with E-state index < -0.39 is 5.97 Å². The molecule has 4 atom stereocenters. The van der Waals surface area contributed by atoms with Crippen LogP contribution in [0.2, 0.25) is 0 Å². The van der Waals surface area contributed by atoms with Crippen LogP contribution < -0.4 is 10.5 Å². The number of nitrogens with two attached hydrogens (primary N) is 1. The van der Waals surface area contributed by atoms with Crippen molar-refractivity contribution in [3.05, 3.63) is 59.2 Å². The molecule has 150 valence electrons. The van der Waals surface area contributed by atoms with Crippen LogP contribution in [0.5, 0.6) is 5.75 Å². The van der Waals surface area contributed by atoms with Gasteiger partial charge in [0.15, 0.2) is 0 Å². The highest BCUT2D eigenvalue weighted by molar-refractivity contribution is 5.96. The highest BCUT2D eigenvalue weighted by atomic mass is 16.5. The molecule has 2 aromatic rings. The first-order valence-electron chi connectivity index (χ1n) is 10.7. The maximum Gasteiger partial charge on any atom is 0.345 e. The minimum atomic E-state index is -0.422. The van der Waals surface area contributed by atoms with E-state index in [1.807, 2.05) is 12.1 Å². The SMILES string of the molecule is C[C@]12CC[C@@H]3c4ccc(OC(=O)c5ccccc5N)cc4CC[C@H]3[C@@H]1CCC2=O. The average Bonchev–Trinajstić information content (AvgIpc) is 3.02. The van der Waals surface area contributed by atoms with Crippen molar-refractivity contribution in [3.8, 4) is 5.75 Å². The van der Waals surface area contributed by atoms with Crippen molar-refractivity contribution in [2.24, 2.45) is 17.3 Å². The van der Waals surface area contributed by atoms with Crippen molar-refractivity contribution in [2.45, 2.75) is 51.4 Å². The number of hydrogen-bond acceptors (Lipinski definition) is 4. The van der Waals surface area contributed by atoms with Crippen LogP contribution in [0.3, 0.4) is 0 Å². The first-order chi connectivity index (χ1) is 14.0. The third kappa shape index (κ3) is 2.88. The van der Waals surface area contributed by atoms with E-state index in [1.165, 1.54) is 11.1 Å². The van der Waals surface area contributed by atoms with Crippen molar-refractivity contribution in [1.29, 1.82) is 0 Å². The Morgan fingerprint density at radius 3 is 2.76 bits per heavy atom. The number of carbonyl (C=O) groups excluding carboxylic acids is 2. The van der Waals surface area contributed by atoms with Crippen LogP contribution in [-0.4, -0.2) is 11.8 Å². The van der Waals surface area contributed by atoms with Crippen molar-refractivity contribution in [1.82, 2.24) is 0 Å². The van der Waals surface area contributed by atoms with E-state index in [0.29, 0.717) is 40.5 Å². The summed E-state index contributed by atoms with van der Waals surface area (Å²) in [5.41, 5.74) is 9.29. The van der Waals surface area contributed by atoms with Crippen LogP contribution in [0, 0.1) is 17.3 Å². The number of nitrogen functional groups attached to an aromatic ring is 1. The van der Waals surface area contributed by atoms with Gasteiger partial charge in [0.1, 0.15) is 11.5 Å². The van der Waals surface area contributed by atoms with E-state index >= 15 is 0 Å². The summed E-state index contributed by atoms with van der Waals surface area (Å²) in [6, 6.07) is 13.0. The number of para-hydroxylation sites is 1. The Bertz CT molecular complexity index is 997. The molecule has 2 saturated carbocycles. The summed E-state index contributed by atoms with van der Waals surface area (Å²) in [7, 11) is 0. The summed E-state index contributed by atoms with van der Waals surface area (Å²) in [6.07, 6.45) is 6.00. The number of anilines is 1. The molecule has 0 aliphatic heterocycles.